The summed E-state index contributed by atoms with van der Waals surface area (Å²) in [5.41, 5.74) is -2.62. The van der Waals surface area contributed by atoms with Gasteiger partial charge in [-0.2, -0.15) is 24.9 Å². The lowest BCUT2D eigenvalue weighted by Gasteiger charge is -2.23. The van der Waals surface area contributed by atoms with Gasteiger partial charge in [-0.15, -0.1) is 0 Å². The van der Waals surface area contributed by atoms with Crippen molar-refractivity contribution in [1.82, 2.24) is 10.3 Å². The maximum absolute atomic E-state index is 13.3. The molecule has 3 rings (SSSR count). The zero-order chi connectivity index (χ0) is 18.4. The summed E-state index contributed by atoms with van der Waals surface area (Å²) in [6.07, 6.45) is -4.80. The van der Waals surface area contributed by atoms with Crippen LogP contribution in [0.2, 0.25) is 5.02 Å². The van der Waals surface area contributed by atoms with Gasteiger partial charge in [-0.25, -0.2) is 8.42 Å². The van der Waals surface area contributed by atoms with Gasteiger partial charge in [0, 0.05) is 34.5 Å². The number of hydrogen-bond donors (Lipinski definition) is 2. The van der Waals surface area contributed by atoms with Crippen LogP contribution in [0.3, 0.4) is 0 Å². The number of alkyl halides is 3. The van der Waals surface area contributed by atoms with Crippen molar-refractivity contribution in [2.75, 3.05) is 18.1 Å². The molecular formula is C14H12ClF3N2O3S2. The maximum Gasteiger partial charge on any atom is 0.418 e. The van der Waals surface area contributed by atoms with Crippen LogP contribution in [0.15, 0.2) is 28.0 Å². The lowest BCUT2D eigenvalue weighted by molar-refractivity contribution is -0.136. The van der Waals surface area contributed by atoms with Crippen molar-refractivity contribution in [2.24, 2.45) is 0 Å². The van der Waals surface area contributed by atoms with Crippen LogP contribution in [0.5, 0.6) is 0 Å². The zero-order valence-corrected chi connectivity index (χ0v) is 14.9. The Labute approximate surface area is 149 Å². The minimum Gasteiger partial charge on any atom is -0.345 e. The van der Waals surface area contributed by atoms with Gasteiger partial charge in [-0.3, -0.25) is 10.1 Å². The van der Waals surface area contributed by atoms with Gasteiger partial charge in [0.05, 0.1) is 11.1 Å². The Morgan fingerprint density at radius 3 is 2.56 bits per heavy atom. The number of aromatic amines is 1. The van der Waals surface area contributed by atoms with E-state index in [0.717, 1.165) is 17.9 Å². The fourth-order valence-corrected chi connectivity index (χ4v) is 5.71. The van der Waals surface area contributed by atoms with Gasteiger partial charge in [0.2, 0.25) is 9.84 Å². The zero-order valence-electron chi connectivity index (χ0n) is 12.5. The Hall–Kier alpha value is -1.23. The molecule has 0 spiro atoms. The first-order chi connectivity index (χ1) is 11.6. The standard InChI is InChI=1S/C14H12ClF3N2O3S2/c15-7-3-8-10(21)5-11(20-13(8)9(4-7)14(16,17)18)25(22,23)12-6-24-2-1-19-12/h3-5,12,19H,1-2,6H2,(H,20,21). The number of aromatic nitrogens is 1. The van der Waals surface area contributed by atoms with Gasteiger partial charge < -0.3 is 4.98 Å². The summed E-state index contributed by atoms with van der Waals surface area (Å²) in [6, 6.07) is 2.54. The van der Waals surface area contributed by atoms with Gasteiger partial charge in [-0.1, -0.05) is 11.6 Å². The third-order valence-electron chi connectivity index (χ3n) is 3.75. The van der Waals surface area contributed by atoms with Crippen LogP contribution >= 0.6 is 23.4 Å². The van der Waals surface area contributed by atoms with Crippen LogP contribution in [-0.4, -0.2) is 36.8 Å². The third kappa shape index (κ3) is 3.53. The van der Waals surface area contributed by atoms with Crippen molar-refractivity contribution in [3.05, 3.63) is 39.0 Å². The van der Waals surface area contributed by atoms with Crippen LogP contribution in [0.4, 0.5) is 13.2 Å². The minimum absolute atomic E-state index is 0.245. The summed E-state index contributed by atoms with van der Waals surface area (Å²) in [5, 5.41) is 0.717. The molecule has 1 aromatic carbocycles. The first-order valence-electron chi connectivity index (χ1n) is 7.09. The van der Waals surface area contributed by atoms with Crippen molar-refractivity contribution in [3.8, 4) is 0 Å². The number of pyridine rings is 1. The molecule has 1 unspecified atom stereocenters. The summed E-state index contributed by atoms with van der Waals surface area (Å²) >= 11 is 7.08. The van der Waals surface area contributed by atoms with E-state index < -0.39 is 42.9 Å². The Morgan fingerprint density at radius 1 is 1.24 bits per heavy atom. The Balaban J connectivity index is 2.25. The van der Waals surface area contributed by atoms with Crippen LogP contribution < -0.4 is 10.7 Å². The number of halogens is 4. The molecule has 2 aromatic rings. The van der Waals surface area contributed by atoms with E-state index in [-0.39, 0.29) is 16.2 Å². The molecule has 136 valence electrons. The van der Waals surface area contributed by atoms with E-state index in [4.69, 9.17) is 11.6 Å². The first kappa shape index (κ1) is 18.6. The van der Waals surface area contributed by atoms with E-state index in [1.54, 1.807) is 0 Å². The summed E-state index contributed by atoms with van der Waals surface area (Å²) < 4.78 is 65.1. The Bertz CT molecular complexity index is 983. The predicted octanol–water partition coefficient (Wildman–Crippen LogP) is 2.64. The van der Waals surface area contributed by atoms with Crippen molar-refractivity contribution in [1.29, 1.82) is 0 Å². The Morgan fingerprint density at radius 2 is 1.96 bits per heavy atom. The van der Waals surface area contributed by atoms with E-state index in [0.29, 0.717) is 12.6 Å². The number of fused-ring (bicyclic) bond motifs is 1. The second-order valence-electron chi connectivity index (χ2n) is 5.43. The topological polar surface area (TPSA) is 79.0 Å². The van der Waals surface area contributed by atoms with Gasteiger partial charge in [0.1, 0.15) is 10.4 Å². The highest BCUT2D eigenvalue weighted by Crippen LogP contribution is 2.35. The molecular weight excluding hydrogens is 401 g/mol. The monoisotopic (exact) mass is 412 g/mol. The van der Waals surface area contributed by atoms with E-state index >= 15 is 0 Å². The SMILES string of the molecule is O=c1cc(S(=O)(=O)C2CSCCN2)[nH]c2c(C(F)(F)F)cc(Cl)cc12. The summed E-state index contributed by atoms with van der Waals surface area (Å²) in [4.78, 5) is 14.5. The van der Waals surface area contributed by atoms with Crippen LogP contribution in [0, 0.1) is 0 Å². The molecule has 0 radical (unpaired) electrons. The van der Waals surface area contributed by atoms with Crippen LogP contribution in [0.25, 0.3) is 10.9 Å². The second kappa shape index (κ2) is 6.49. The molecule has 5 nitrogen and oxygen atoms in total. The molecule has 0 saturated carbocycles. The Kier molecular flexibility index (Phi) is 4.82. The first-order valence-corrected chi connectivity index (χ1v) is 10.2. The largest absolute Gasteiger partial charge is 0.418 e. The van der Waals surface area contributed by atoms with Crippen LogP contribution in [0.1, 0.15) is 5.56 Å². The maximum atomic E-state index is 13.3. The predicted molar refractivity (Wildman–Crippen MR) is 90.9 cm³/mol. The third-order valence-corrected chi connectivity index (χ3v) is 7.16. The number of sulfone groups is 1. The van der Waals surface area contributed by atoms with Gasteiger partial charge in [-0.05, 0) is 12.1 Å². The average Bonchev–Trinajstić information content (AvgIpc) is 2.54. The quantitative estimate of drug-likeness (QED) is 0.792. The molecule has 0 amide bonds. The molecule has 1 atom stereocenters. The highest BCUT2D eigenvalue weighted by atomic mass is 35.5. The summed E-state index contributed by atoms with van der Waals surface area (Å²) in [6.45, 7) is 0.454. The van der Waals surface area contributed by atoms with Crippen molar-refractivity contribution >= 4 is 44.1 Å². The molecule has 1 aromatic heterocycles. The van der Waals surface area contributed by atoms with E-state index in [2.05, 4.69) is 10.3 Å². The average molecular weight is 413 g/mol. The number of thioether (sulfide) groups is 1. The molecule has 1 aliphatic heterocycles. The molecule has 2 N–H and O–H groups in total. The number of rotatable bonds is 2. The van der Waals surface area contributed by atoms with Crippen molar-refractivity contribution < 1.29 is 21.6 Å². The fraction of sp³-hybridized carbons (Fsp3) is 0.357. The van der Waals surface area contributed by atoms with E-state index in [1.807, 2.05) is 0 Å². The number of benzene rings is 1. The smallest absolute Gasteiger partial charge is 0.345 e. The molecule has 2 heterocycles. The molecule has 1 saturated heterocycles. The normalized spacial score (nSPS) is 19.3. The number of H-pyrrole nitrogens is 1. The lowest BCUT2D eigenvalue weighted by atomic mass is 10.1. The molecule has 1 aliphatic rings. The van der Waals surface area contributed by atoms with Gasteiger partial charge in [0.15, 0.2) is 5.43 Å². The minimum atomic E-state index is -4.80. The van der Waals surface area contributed by atoms with Gasteiger partial charge >= 0.3 is 6.18 Å². The fourth-order valence-electron chi connectivity index (χ4n) is 2.56. The summed E-state index contributed by atoms with van der Waals surface area (Å²) in [7, 11) is -4.04. The highest BCUT2D eigenvalue weighted by molar-refractivity contribution is 8.01. The van der Waals surface area contributed by atoms with Crippen LogP contribution in [-0.2, 0) is 16.0 Å². The molecule has 25 heavy (non-hydrogen) atoms. The second-order valence-corrected chi connectivity index (χ2v) is 9.12. The summed E-state index contributed by atoms with van der Waals surface area (Å²) in [5.74, 6) is 0.978. The van der Waals surface area contributed by atoms with Gasteiger partial charge in [0.25, 0.3) is 0 Å². The highest BCUT2D eigenvalue weighted by Gasteiger charge is 2.35. The molecule has 11 heteroatoms. The molecule has 0 bridgehead atoms. The molecule has 0 aliphatic carbocycles. The van der Waals surface area contributed by atoms with Crippen molar-refractivity contribution in [3.63, 3.8) is 0 Å². The number of nitrogens with one attached hydrogen (secondary N) is 2. The van der Waals surface area contributed by atoms with E-state index in [1.165, 1.54) is 11.8 Å². The van der Waals surface area contributed by atoms with Crippen molar-refractivity contribution in [2.45, 2.75) is 16.6 Å². The lowest BCUT2D eigenvalue weighted by Crippen LogP contribution is -2.43. The molecule has 1 fully saturated rings. The number of hydrogen-bond acceptors (Lipinski definition) is 5. The van der Waals surface area contributed by atoms with E-state index in [9.17, 15) is 26.4 Å².